The van der Waals surface area contributed by atoms with Crippen LogP contribution in [0.1, 0.15) is 29.3 Å². The summed E-state index contributed by atoms with van der Waals surface area (Å²) >= 11 is 0. The van der Waals surface area contributed by atoms with E-state index in [-0.39, 0.29) is 18.2 Å². The standard InChI is InChI=1S/C20H22N2O4/c1-15(23)22(14-16-7-4-3-5-8-16)12-11-19(24)21-18-10-6-9-17(13-18)20(25)26-2/h3-10,13H,11-12,14H2,1-2H3,(H,21,24). The predicted molar refractivity (Wildman–Crippen MR) is 98.6 cm³/mol. The van der Waals surface area contributed by atoms with Crippen LogP contribution in [0.15, 0.2) is 54.6 Å². The first-order valence-corrected chi connectivity index (χ1v) is 8.27. The number of carbonyl (C=O) groups is 3. The van der Waals surface area contributed by atoms with Gasteiger partial charge in [0.1, 0.15) is 0 Å². The van der Waals surface area contributed by atoms with E-state index in [9.17, 15) is 14.4 Å². The van der Waals surface area contributed by atoms with Crippen molar-refractivity contribution in [2.24, 2.45) is 0 Å². The molecule has 0 aliphatic rings. The Balaban J connectivity index is 1.92. The molecule has 0 saturated carbocycles. The number of benzene rings is 2. The topological polar surface area (TPSA) is 75.7 Å². The monoisotopic (exact) mass is 354 g/mol. The molecule has 0 heterocycles. The molecule has 26 heavy (non-hydrogen) atoms. The van der Waals surface area contributed by atoms with Crippen LogP contribution < -0.4 is 5.32 Å². The molecule has 0 atom stereocenters. The number of nitrogens with one attached hydrogen (secondary N) is 1. The van der Waals surface area contributed by atoms with E-state index in [1.54, 1.807) is 29.2 Å². The van der Waals surface area contributed by atoms with Crippen molar-refractivity contribution in [2.45, 2.75) is 19.9 Å². The summed E-state index contributed by atoms with van der Waals surface area (Å²) in [7, 11) is 1.30. The molecule has 2 amide bonds. The summed E-state index contributed by atoms with van der Waals surface area (Å²) in [6.45, 7) is 2.26. The summed E-state index contributed by atoms with van der Waals surface area (Å²) in [4.78, 5) is 37.2. The lowest BCUT2D eigenvalue weighted by Crippen LogP contribution is -2.31. The van der Waals surface area contributed by atoms with E-state index in [2.05, 4.69) is 10.1 Å². The van der Waals surface area contributed by atoms with Crippen LogP contribution in [0.4, 0.5) is 5.69 Å². The molecule has 136 valence electrons. The fourth-order valence-electron chi connectivity index (χ4n) is 2.45. The van der Waals surface area contributed by atoms with Crippen molar-refractivity contribution in [3.63, 3.8) is 0 Å². The minimum Gasteiger partial charge on any atom is -0.465 e. The quantitative estimate of drug-likeness (QED) is 0.776. The Morgan fingerprint density at radius 3 is 2.42 bits per heavy atom. The minimum absolute atomic E-state index is 0.0886. The third-order valence-electron chi connectivity index (χ3n) is 3.84. The molecule has 0 aromatic heterocycles. The summed E-state index contributed by atoms with van der Waals surface area (Å²) in [6, 6.07) is 16.1. The van der Waals surface area contributed by atoms with Gasteiger partial charge in [0.05, 0.1) is 12.7 Å². The van der Waals surface area contributed by atoms with Crippen molar-refractivity contribution in [3.05, 3.63) is 65.7 Å². The fourth-order valence-corrected chi connectivity index (χ4v) is 2.45. The summed E-state index contributed by atoms with van der Waals surface area (Å²) < 4.78 is 4.66. The number of hydrogen-bond acceptors (Lipinski definition) is 4. The number of hydrogen-bond donors (Lipinski definition) is 1. The van der Waals surface area contributed by atoms with Gasteiger partial charge < -0.3 is 15.0 Å². The number of esters is 1. The third kappa shape index (κ3) is 5.73. The highest BCUT2D eigenvalue weighted by Crippen LogP contribution is 2.12. The Kier molecular flexibility index (Phi) is 6.91. The van der Waals surface area contributed by atoms with Crippen LogP contribution in [0.25, 0.3) is 0 Å². The molecule has 6 nitrogen and oxygen atoms in total. The van der Waals surface area contributed by atoms with E-state index in [4.69, 9.17) is 0 Å². The highest BCUT2D eigenvalue weighted by Gasteiger charge is 2.13. The fraction of sp³-hybridized carbons (Fsp3) is 0.250. The lowest BCUT2D eigenvalue weighted by Gasteiger charge is -2.21. The first kappa shape index (κ1) is 19.2. The molecule has 0 fully saturated rings. The number of nitrogens with zero attached hydrogens (tertiary/aromatic N) is 1. The second kappa shape index (κ2) is 9.36. The van der Waals surface area contributed by atoms with Gasteiger partial charge in [0.25, 0.3) is 0 Å². The Bertz CT molecular complexity index is 774. The Hall–Kier alpha value is -3.15. The van der Waals surface area contributed by atoms with Crippen LogP contribution in [0.5, 0.6) is 0 Å². The number of anilines is 1. The summed E-state index contributed by atoms with van der Waals surface area (Å²) in [5, 5.41) is 2.73. The maximum Gasteiger partial charge on any atom is 0.337 e. The largest absolute Gasteiger partial charge is 0.465 e. The molecule has 0 unspecified atom stereocenters. The number of amides is 2. The molecular formula is C20H22N2O4. The molecule has 0 aliphatic heterocycles. The van der Waals surface area contributed by atoms with Crippen LogP contribution >= 0.6 is 0 Å². The number of carbonyl (C=O) groups excluding carboxylic acids is 3. The molecule has 0 saturated heterocycles. The second-order valence-electron chi connectivity index (χ2n) is 5.80. The molecule has 0 radical (unpaired) electrons. The smallest absolute Gasteiger partial charge is 0.337 e. The number of ether oxygens (including phenoxy) is 1. The lowest BCUT2D eigenvalue weighted by atomic mass is 10.2. The van der Waals surface area contributed by atoms with Gasteiger partial charge in [-0.15, -0.1) is 0 Å². The summed E-state index contributed by atoms with van der Waals surface area (Å²) in [6.07, 6.45) is 0.162. The van der Waals surface area contributed by atoms with Gasteiger partial charge in [0.15, 0.2) is 0 Å². The Morgan fingerprint density at radius 2 is 1.77 bits per heavy atom. The summed E-state index contributed by atoms with van der Waals surface area (Å²) in [5.41, 5.74) is 1.88. The zero-order chi connectivity index (χ0) is 18.9. The minimum atomic E-state index is -0.466. The van der Waals surface area contributed by atoms with Crippen molar-refractivity contribution >= 4 is 23.5 Å². The van der Waals surface area contributed by atoms with Crippen molar-refractivity contribution in [3.8, 4) is 0 Å². The van der Waals surface area contributed by atoms with Gasteiger partial charge in [-0.2, -0.15) is 0 Å². The Labute approximate surface area is 152 Å². The van der Waals surface area contributed by atoms with Gasteiger partial charge >= 0.3 is 5.97 Å². The van der Waals surface area contributed by atoms with Crippen LogP contribution in [-0.4, -0.2) is 36.3 Å². The SMILES string of the molecule is COC(=O)c1cccc(NC(=O)CCN(Cc2ccccc2)C(C)=O)c1. The van der Waals surface area contributed by atoms with Crippen molar-refractivity contribution in [1.29, 1.82) is 0 Å². The van der Waals surface area contributed by atoms with Crippen LogP contribution in [-0.2, 0) is 20.9 Å². The first-order valence-electron chi connectivity index (χ1n) is 8.27. The highest BCUT2D eigenvalue weighted by atomic mass is 16.5. The molecule has 2 aromatic rings. The molecule has 2 aromatic carbocycles. The van der Waals surface area contributed by atoms with Crippen LogP contribution in [0, 0.1) is 0 Å². The first-order chi connectivity index (χ1) is 12.5. The van der Waals surface area contributed by atoms with Gasteiger partial charge in [-0.05, 0) is 23.8 Å². The maximum atomic E-state index is 12.2. The van der Waals surface area contributed by atoms with E-state index >= 15 is 0 Å². The molecule has 0 bridgehead atoms. The van der Waals surface area contributed by atoms with Gasteiger partial charge in [-0.1, -0.05) is 36.4 Å². The molecule has 2 rings (SSSR count). The van der Waals surface area contributed by atoms with Crippen molar-refractivity contribution in [2.75, 3.05) is 19.0 Å². The average molecular weight is 354 g/mol. The normalized spacial score (nSPS) is 10.1. The average Bonchev–Trinajstić information content (AvgIpc) is 2.65. The van der Waals surface area contributed by atoms with Crippen LogP contribution in [0.3, 0.4) is 0 Å². The number of methoxy groups -OCH3 is 1. The van der Waals surface area contributed by atoms with E-state index in [0.717, 1.165) is 5.56 Å². The second-order valence-corrected chi connectivity index (χ2v) is 5.80. The van der Waals surface area contributed by atoms with E-state index in [1.807, 2.05) is 30.3 Å². The Morgan fingerprint density at radius 1 is 1.04 bits per heavy atom. The van der Waals surface area contributed by atoms with Gasteiger partial charge in [-0.25, -0.2) is 4.79 Å². The van der Waals surface area contributed by atoms with Crippen molar-refractivity contribution < 1.29 is 19.1 Å². The molecular weight excluding hydrogens is 332 g/mol. The third-order valence-corrected chi connectivity index (χ3v) is 3.84. The molecule has 0 aliphatic carbocycles. The highest BCUT2D eigenvalue weighted by molar-refractivity contribution is 5.94. The van der Waals surface area contributed by atoms with E-state index in [0.29, 0.717) is 24.3 Å². The molecule has 6 heteroatoms. The van der Waals surface area contributed by atoms with E-state index < -0.39 is 5.97 Å². The lowest BCUT2D eigenvalue weighted by molar-refractivity contribution is -0.129. The maximum absolute atomic E-state index is 12.2. The molecule has 0 spiro atoms. The number of rotatable bonds is 7. The predicted octanol–water partition coefficient (Wildman–Crippen LogP) is 2.85. The molecule has 1 N–H and O–H groups in total. The van der Waals surface area contributed by atoms with Crippen LogP contribution in [0.2, 0.25) is 0 Å². The van der Waals surface area contributed by atoms with Gasteiger partial charge in [0, 0.05) is 32.1 Å². The van der Waals surface area contributed by atoms with Gasteiger partial charge in [0.2, 0.25) is 11.8 Å². The summed E-state index contributed by atoms with van der Waals surface area (Å²) in [5.74, 6) is -0.785. The van der Waals surface area contributed by atoms with E-state index in [1.165, 1.54) is 14.0 Å². The zero-order valence-electron chi connectivity index (χ0n) is 14.9. The van der Waals surface area contributed by atoms with Crippen molar-refractivity contribution in [1.82, 2.24) is 4.90 Å². The van der Waals surface area contributed by atoms with Gasteiger partial charge in [-0.3, -0.25) is 9.59 Å². The zero-order valence-corrected chi connectivity index (χ0v) is 14.9.